The van der Waals surface area contributed by atoms with Gasteiger partial charge in [0.25, 0.3) is 0 Å². The Morgan fingerprint density at radius 1 is 1.24 bits per heavy atom. The molecule has 4 aliphatic carbocycles. The first-order valence-corrected chi connectivity index (χ1v) is 13.7. The van der Waals surface area contributed by atoms with E-state index in [2.05, 4.69) is 13.8 Å². The SMILES string of the molecule is CSCOC(C)C(=O)OCC(=O)[C@H]1CC[C@H]2[C@@H]3CCC4=CC(=O)CC[C@]4(C)[C@H]3[C@@H](O)C[C@]12C. The molecule has 0 radical (unpaired) electrons. The summed E-state index contributed by atoms with van der Waals surface area (Å²) in [4.78, 5) is 37.4. The third-order valence-corrected chi connectivity index (χ3v) is 9.78. The van der Waals surface area contributed by atoms with Gasteiger partial charge in [-0.05, 0) is 86.4 Å². The molecule has 0 aromatic rings. The number of carbonyl (C=O) groups excluding carboxylic acids is 3. The number of aliphatic hydroxyl groups is 1. The van der Waals surface area contributed by atoms with Crippen LogP contribution in [0.25, 0.3) is 0 Å². The highest BCUT2D eigenvalue weighted by Crippen LogP contribution is 2.66. The number of ketones is 2. The third-order valence-electron chi connectivity index (χ3n) is 9.41. The Labute approximate surface area is 201 Å². The molecule has 3 fully saturated rings. The van der Waals surface area contributed by atoms with Gasteiger partial charge in [-0.25, -0.2) is 4.79 Å². The van der Waals surface area contributed by atoms with Crippen molar-refractivity contribution in [3.8, 4) is 0 Å². The Balaban J connectivity index is 1.46. The van der Waals surface area contributed by atoms with E-state index < -0.39 is 18.2 Å². The van der Waals surface area contributed by atoms with Crippen molar-refractivity contribution in [2.45, 2.75) is 77.9 Å². The zero-order chi connectivity index (χ0) is 24.0. The molecule has 0 spiro atoms. The number of ether oxygens (including phenoxy) is 2. The molecular weight excluding hydrogens is 440 g/mol. The molecule has 4 aliphatic rings. The number of carbonyl (C=O) groups is 3. The second-order valence-electron chi connectivity index (χ2n) is 11.1. The van der Waals surface area contributed by atoms with E-state index >= 15 is 0 Å². The molecule has 1 N–H and O–H groups in total. The molecular formula is C26H38O6S. The maximum Gasteiger partial charge on any atom is 0.335 e. The van der Waals surface area contributed by atoms with Gasteiger partial charge in [0.1, 0.15) is 6.61 Å². The summed E-state index contributed by atoms with van der Waals surface area (Å²) in [6.45, 7) is 5.82. The minimum Gasteiger partial charge on any atom is -0.456 e. The maximum absolute atomic E-state index is 13.2. The fourth-order valence-electron chi connectivity index (χ4n) is 7.81. The number of hydrogen-bond donors (Lipinski definition) is 1. The largest absolute Gasteiger partial charge is 0.456 e. The molecule has 0 aliphatic heterocycles. The highest BCUT2D eigenvalue weighted by Gasteiger charge is 2.62. The lowest BCUT2D eigenvalue weighted by Gasteiger charge is -2.59. The predicted octanol–water partition coefficient (Wildman–Crippen LogP) is 3.94. The van der Waals surface area contributed by atoms with E-state index in [4.69, 9.17) is 9.47 Å². The first-order chi connectivity index (χ1) is 15.6. The van der Waals surface area contributed by atoms with Gasteiger partial charge in [-0.15, -0.1) is 11.8 Å². The van der Waals surface area contributed by atoms with Crippen molar-refractivity contribution < 1.29 is 29.0 Å². The van der Waals surface area contributed by atoms with Crippen molar-refractivity contribution in [1.29, 1.82) is 0 Å². The Hall–Kier alpha value is -1.18. The quantitative estimate of drug-likeness (QED) is 0.438. The van der Waals surface area contributed by atoms with Crippen LogP contribution in [0.5, 0.6) is 0 Å². The van der Waals surface area contributed by atoms with Crippen LogP contribution in [0.3, 0.4) is 0 Å². The van der Waals surface area contributed by atoms with Gasteiger partial charge in [0, 0.05) is 12.3 Å². The van der Waals surface area contributed by atoms with E-state index in [-0.39, 0.29) is 40.8 Å². The van der Waals surface area contributed by atoms with Crippen molar-refractivity contribution >= 4 is 29.3 Å². The maximum atomic E-state index is 13.2. The van der Waals surface area contributed by atoms with E-state index in [1.54, 1.807) is 6.92 Å². The van der Waals surface area contributed by atoms with E-state index in [1.807, 2.05) is 12.3 Å². The molecule has 184 valence electrons. The highest BCUT2D eigenvalue weighted by atomic mass is 32.2. The van der Waals surface area contributed by atoms with Crippen LogP contribution in [-0.4, -0.2) is 53.7 Å². The molecule has 0 bridgehead atoms. The smallest absolute Gasteiger partial charge is 0.335 e. The number of Topliss-reactive ketones (excluding diaryl/α,β-unsaturated/α-hetero) is 1. The third kappa shape index (κ3) is 4.34. The molecule has 33 heavy (non-hydrogen) atoms. The fraction of sp³-hybridized carbons (Fsp3) is 0.808. The van der Waals surface area contributed by atoms with Crippen LogP contribution in [0, 0.1) is 34.5 Å². The molecule has 0 aromatic carbocycles. The Morgan fingerprint density at radius 2 is 2.00 bits per heavy atom. The van der Waals surface area contributed by atoms with Crippen LogP contribution >= 0.6 is 11.8 Å². The number of allylic oxidation sites excluding steroid dienone is 1. The van der Waals surface area contributed by atoms with Crippen LogP contribution < -0.4 is 0 Å². The lowest BCUT2D eigenvalue weighted by Crippen LogP contribution is -2.57. The molecule has 0 heterocycles. The first kappa shape index (κ1) is 24.9. The normalized spacial score (nSPS) is 40.8. The highest BCUT2D eigenvalue weighted by molar-refractivity contribution is 7.98. The van der Waals surface area contributed by atoms with E-state index in [0.29, 0.717) is 30.6 Å². The molecule has 0 saturated heterocycles. The van der Waals surface area contributed by atoms with Gasteiger partial charge in [-0.1, -0.05) is 19.4 Å². The summed E-state index contributed by atoms with van der Waals surface area (Å²) in [7, 11) is 0. The van der Waals surface area contributed by atoms with Crippen LogP contribution in [-0.2, 0) is 23.9 Å². The van der Waals surface area contributed by atoms with Crippen molar-refractivity contribution in [3.05, 3.63) is 11.6 Å². The summed E-state index contributed by atoms with van der Waals surface area (Å²) in [6.07, 6.45) is 8.14. The van der Waals surface area contributed by atoms with Gasteiger partial charge >= 0.3 is 5.97 Å². The molecule has 4 rings (SSSR count). The van der Waals surface area contributed by atoms with Crippen LogP contribution in [0.4, 0.5) is 0 Å². The predicted molar refractivity (Wildman–Crippen MR) is 126 cm³/mol. The van der Waals surface area contributed by atoms with Gasteiger partial charge in [0.15, 0.2) is 17.7 Å². The molecule has 8 atom stereocenters. The molecule has 6 nitrogen and oxygen atoms in total. The Morgan fingerprint density at radius 3 is 2.73 bits per heavy atom. The van der Waals surface area contributed by atoms with Crippen molar-refractivity contribution in [2.75, 3.05) is 18.8 Å². The topological polar surface area (TPSA) is 89.9 Å². The molecule has 0 amide bonds. The van der Waals surface area contributed by atoms with Gasteiger partial charge in [0.05, 0.1) is 12.0 Å². The zero-order valence-electron chi connectivity index (χ0n) is 20.3. The monoisotopic (exact) mass is 478 g/mol. The van der Waals surface area contributed by atoms with Crippen LogP contribution in [0.1, 0.15) is 65.7 Å². The van der Waals surface area contributed by atoms with Gasteiger partial charge < -0.3 is 14.6 Å². The molecule has 0 aromatic heterocycles. The van der Waals surface area contributed by atoms with Crippen molar-refractivity contribution in [2.24, 2.45) is 34.5 Å². The molecule has 3 saturated carbocycles. The van der Waals surface area contributed by atoms with Crippen LogP contribution in [0.2, 0.25) is 0 Å². The molecule has 1 unspecified atom stereocenters. The first-order valence-electron chi connectivity index (χ1n) is 12.3. The van der Waals surface area contributed by atoms with Crippen LogP contribution in [0.15, 0.2) is 11.6 Å². The summed E-state index contributed by atoms with van der Waals surface area (Å²) in [6, 6.07) is 0. The number of rotatable bonds is 7. The van der Waals surface area contributed by atoms with Crippen molar-refractivity contribution in [1.82, 2.24) is 0 Å². The summed E-state index contributed by atoms with van der Waals surface area (Å²) in [5.74, 6) is 0.733. The Bertz CT molecular complexity index is 839. The average Bonchev–Trinajstić information content (AvgIpc) is 3.12. The van der Waals surface area contributed by atoms with E-state index in [0.717, 1.165) is 32.1 Å². The minimum atomic E-state index is -0.693. The van der Waals surface area contributed by atoms with Gasteiger partial charge in [-0.2, -0.15) is 0 Å². The number of thioether (sulfide) groups is 1. The zero-order valence-corrected chi connectivity index (χ0v) is 21.1. The summed E-state index contributed by atoms with van der Waals surface area (Å²) in [5.41, 5.74) is 0.813. The standard InChI is InChI=1S/C26H38O6S/c1-15(32-14-33-4)24(30)31-13-22(29)20-8-7-19-18-6-5-16-11-17(27)9-10-25(16,2)23(18)21(28)12-26(19,20)3/h11,15,18-21,23,28H,5-10,12-14H2,1-4H3/t15?,18-,19-,20+,21-,23+,25-,26-/m0/s1. The number of aliphatic hydroxyl groups excluding tert-OH is 1. The second-order valence-corrected chi connectivity index (χ2v) is 11.9. The minimum absolute atomic E-state index is 0.0399. The summed E-state index contributed by atoms with van der Waals surface area (Å²) < 4.78 is 10.7. The lowest BCUT2D eigenvalue weighted by molar-refractivity contribution is -0.161. The number of esters is 1. The second kappa shape index (κ2) is 9.46. The van der Waals surface area contributed by atoms with E-state index in [1.165, 1.54) is 17.3 Å². The van der Waals surface area contributed by atoms with Crippen molar-refractivity contribution in [3.63, 3.8) is 0 Å². The number of hydrogen-bond acceptors (Lipinski definition) is 7. The Kier molecular flexibility index (Phi) is 7.15. The molecule has 7 heteroatoms. The van der Waals surface area contributed by atoms with Gasteiger partial charge in [0.2, 0.25) is 0 Å². The average molecular weight is 479 g/mol. The summed E-state index contributed by atoms with van der Waals surface area (Å²) in [5, 5.41) is 11.4. The van der Waals surface area contributed by atoms with E-state index in [9.17, 15) is 19.5 Å². The fourth-order valence-corrected chi connectivity index (χ4v) is 8.15. The number of fused-ring (bicyclic) bond motifs is 5. The summed E-state index contributed by atoms with van der Waals surface area (Å²) >= 11 is 1.48. The lowest BCUT2D eigenvalue weighted by atomic mass is 9.46. The van der Waals surface area contributed by atoms with Gasteiger partial charge in [-0.3, -0.25) is 9.59 Å².